The summed E-state index contributed by atoms with van der Waals surface area (Å²) < 4.78 is 0. The fourth-order valence-electron chi connectivity index (χ4n) is 1.62. The van der Waals surface area contributed by atoms with Crippen molar-refractivity contribution in [3.63, 3.8) is 0 Å². The molecule has 0 aromatic heterocycles. The van der Waals surface area contributed by atoms with Crippen LogP contribution < -0.4 is 5.32 Å². The van der Waals surface area contributed by atoms with E-state index in [0.29, 0.717) is 6.04 Å². The minimum Gasteiger partial charge on any atom is -0.382 e. The highest BCUT2D eigenvalue weighted by Crippen LogP contribution is 2.25. The second-order valence-corrected chi connectivity index (χ2v) is 3.91. The summed E-state index contributed by atoms with van der Waals surface area (Å²) in [6.07, 6.45) is 3.85. The molecule has 1 N–H and O–H groups in total. The maximum Gasteiger partial charge on any atom is 0.0992 e. The zero-order valence-electron chi connectivity index (χ0n) is 8.38. The highest BCUT2D eigenvalue weighted by Gasteiger charge is 2.17. The van der Waals surface area contributed by atoms with E-state index in [9.17, 15) is 0 Å². The van der Waals surface area contributed by atoms with Gasteiger partial charge in [0.1, 0.15) is 0 Å². The smallest absolute Gasteiger partial charge is 0.0992 e. The fourth-order valence-corrected chi connectivity index (χ4v) is 1.62. The maximum atomic E-state index is 8.78. The molecule has 2 nitrogen and oxygen atoms in total. The van der Waals surface area contributed by atoms with Gasteiger partial charge >= 0.3 is 0 Å². The van der Waals surface area contributed by atoms with Gasteiger partial charge in [-0.2, -0.15) is 5.26 Å². The minimum absolute atomic E-state index is 0.627. The van der Waals surface area contributed by atoms with Crippen LogP contribution in [0.5, 0.6) is 0 Å². The topological polar surface area (TPSA) is 35.8 Å². The molecule has 1 aliphatic carbocycles. The third-order valence-corrected chi connectivity index (χ3v) is 2.83. The SMILES string of the molecule is Cc1ccc(C#N)cc1NC1CCC1. The first-order valence-electron chi connectivity index (χ1n) is 5.07. The minimum atomic E-state index is 0.627. The van der Waals surface area contributed by atoms with E-state index in [2.05, 4.69) is 18.3 Å². The number of hydrogen-bond acceptors (Lipinski definition) is 2. The van der Waals surface area contributed by atoms with Crippen molar-refractivity contribution < 1.29 is 0 Å². The molecule has 2 rings (SSSR count). The average molecular weight is 186 g/mol. The van der Waals surface area contributed by atoms with Crippen molar-refractivity contribution in [1.82, 2.24) is 0 Å². The molecule has 0 unspecified atom stereocenters. The van der Waals surface area contributed by atoms with Crippen LogP contribution in [-0.4, -0.2) is 6.04 Å². The van der Waals surface area contributed by atoms with Gasteiger partial charge in [-0.1, -0.05) is 6.07 Å². The highest BCUT2D eigenvalue weighted by molar-refractivity contribution is 5.55. The molecule has 14 heavy (non-hydrogen) atoms. The average Bonchev–Trinajstić information content (AvgIpc) is 2.14. The van der Waals surface area contributed by atoms with E-state index in [1.807, 2.05) is 18.2 Å². The number of nitrogens with zero attached hydrogens (tertiary/aromatic N) is 1. The Morgan fingerprint density at radius 1 is 1.43 bits per heavy atom. The first-order valence-corrected chi connectivity index (χ1v) is 5.07. The summed E-state index contributed by atoms with van der Waals surface area (Å²) >= 11 is 0. The lowest BCUT2D eigenvalue weighted by molar-refractivity contribution is 0.445. The Morgan fingerprint density at radius 2 is 2.21 bits per heavy atom. The van der Waals surface area contributed by atoms with Gasteiger partial charge < -0.3 is 5.32 Å². The lowest BCUT2D eigenvalue weighted by atomic mass is 9.92. The molecular weight excluding hydrogens is 172 g/mol. The molecule has 2 heteroatoms. The molecule has 0 saturated heterocycles. The van der Waals surface area contributed by atoms with Crippen LogP contribution in [0.3, 0.4) is 0 Å². The number of nitriles is 1. The van der Waals surface area contributed by atoms with E-state index >= 15 is 0 Å². The van der Waals surface area contributed by atoms with Gasteiger partial charge in [-0.05, 0) is 43.9 Å². The highest BCUT2D eigenvalue weighted by atomic mass is 14.9. The summed E-state index contributed by atoms with van der Waals surface area (Å²) in [6.45, 7) is 2.07. The number of rotatable bonds is 2. The van der Waals surface area contributed by atoms with Crippen LogP contribution in [-0.2, 0) is 0 Å². The molecule has 1 aromatic carbocycles. The molecule has 1 fully saturated rings. The summed E-state index contributed by atoms with van der Waals surface area (Å²) in [5.41, 5.74) is 3.07. The van der Waals surface area contributed by atoms with Gasteiger partial charge in [0.2, 0.25) is 0 Å². The van der Waals surface area contributed by atoms with E-state index in [1.165, 1.54) is 24.8 Å². The fraction of sp³-hybridized carbons (Fsp3) is 0.417. The number of anilines is 1. The van der Waals surface area contributed by atoms with Gasteiger partial charge in [0, 0.05) is 11.7 Å². The molecule has 0 radical (unpaired) electrons. The van der Waals surface area contributed by atoms with E-state index in [-0.39, 0.29) is 0 Å². The van der Waals surface area contributed by atoms with Crippen molar-refractivity contribution in [3.8, 4) is 6.07 Å². The molecule has 0 heterocycles. The van der Waals surface area contributed by atoms with Crippen molar-refractivity contribution in [2.45, 2.75) is 32.2 Å². The van der Waals surface area contributed by atoms with Crippen LogP contribution in [0, 0.1) is 18.3 Å². The third-order valence-electron chi connectivity index (χ3n) is 2.83. The van der Waals surface area contributed by atoms with Crippen LogP contribution in [0.25, 0.3) is 0 Å². The number of aryl methyl sites for hydroxylation is 1. The molecule has 1 aromatic rings. The van der Waals surface area contributed by atoms with Crippen LogP contribution in [0.2, 0.25) is 0 Å². The Labute approximate surface area is 84.6 Å². The van der Waals surface area contributed by atoms with Gasteiger partial charge in [-0.15, -0.1) is 0 Å². The molecule has 1 aliphatic rings. The maximum absolute atomic E-state index is 8.78. The van der Waals surface area contributed by atoms with Gasteiger partial charge in [0.25, 0.3) is 0 Å². The van der Waals surface area contributed by atoms with Crippen LogP contribution in [0.4, 0.5) is 5.69 Å². The van der Waals surface area contributed by atoms with Gasteiger partial charge in [-0.25, -0.2) is 0 Å². The Bertz CT molecular complexity index is 372. The molecular formula is C12H14N2. The summed E-state index contributed by atoms with van der Waals surface area (Å²) in [5, 5.41) is 12.3. The summed E-state index contributed by atoms with van der Waals surface area (Å²) in [7, 11) is 0. The second-order valence-electron chi connectivity index (χ2n) is 3.91. The van der Waals surface area contributed by atoms with Crippen molar-refractivity contribution in [3.05, 3.63) is 29.3 Å². The monoisotopic (exact) mass is 186 g/mol. The van der Waals surface area contributed by atoms with Gasteiger partial charge in [0.15, 0.2) is 0 Å². The Kier molecular flexibility index (Phi) is 2.41. The van der Waals surface area contributed by atoms with E-state index in [0.717, 1.165) is 11.3 Å². The first-order chi connectivity index (χ1) is 6.79. The predicted octanol–water partition coefficient (Wildman–Crippen LogP) is 2.83. The first kappa shape index (κ1) is 9.08. The Hall–Kier alpha value is -1.49. The second kappa shape index (κ2) is 3.71. The molecule has 0 amide bonds. The standard InChI is InChI=1S/C12H14N2/c1-9-5-6-10(8-13)7-12(9)14-11-3-2-4-11/h5-7,11,14H,2-4H2,1H3. The zero-order chi connectivity index (χ0) is 9.97. The molecule has 0 atom stereocenters. The molecule has 0 bridgehead atoms. The number of hydrogen-bond donors (Lipinski definition) is 1. The van der Waals surface area contributed by atoms with Crippen molar-refractivity contribution in [2.75, 3.05) is 5.32 Å². The van der Waals surface area contributed by atoms with Crippen LogP contribution in [0.15, 0.2) is 18.2 Å². The van der Waals surface area contributed by atoms with Crippen molar-refractivity contribution in [2.24, 2.45) is 0 Å². The van der Waals surface area contributed by atoms with Gasteiger partial charge in [0.05, 0.1) is 11.6 Å². The molecule has 0 aliphatic heterocycles. The normalized spacial score (nSPS) is 15.7. The van der Waals surface area contributed by atoms with E-state index < -0.39 is 0 Å². The van der Waals surface area contributed by atoms with Crippen molar-refractivity contribution >= 4 is 5.69 Å². The summed E-state index contributed by atoms with van der Waals surface area (Å²) in [4.78, 5) is 0. The molecule has 0 spiro atoms. The third kappa shape index (κ3) is 1.72. The zero-order valence-corrected chi connectivity index (χ0v) is 8.38. The van der Waals surface area contributed by atoms with Crippen LogP contribution >= 0.6 is 0 Å². The van der Waals surface area contributed by atoms with Crippen molar-refractivity contribution in [1.29, 1.82) is 5.26 Å². The quantitative estimate of drug-likeness (QED) is 0.770. The summed E-state index contributed by atoms with van der Waals surface area (Å²) in [5.74, 6) is 0. The van der Waals surface area contributed by atoms with Gasteiger partial charge in [-0.3, -0.25) is 0 Å². The lowest BCUT2D eigenvalue weighted by Crippen LogP contribution is -2.27. The lowest BCUT2D eigenvalue weighted by Gasteiger charge is -2.28. The Morgan fingerprint density at radius 3 is 2.79 bits per heavy atom. The number of nitrogens with one attached hydrogen (secondary N) is 1. The Balaban J connectivity index is 2.18. The van der Waals surface area contributed by atoms with E-state index in [1.54, 1.807) is 0 Å². The number of benzene rings is 1. The summed E-state index contributed by atoms with van der Waals surface area (Å²) in [6, 6.07) is 8.59. The van der Waals surface area contributed by atoms with E-state index in [4.69, 9.17) is 5.26 Å². The molecule has 1 saturated carbocycles. The largest absolute Gasteiger partial charge is 0.382 e. The predicted molar refractivity (Wildman–Crippen MR) is 57.2 cm³/mol. The van der Waals surface area contributed by atoms with Crippen LogP contribution in [0.1, 0.15) is 30.4 Å². The molecule has 72 valence electrons.